The number of halogens is 2. The van der Waals surface area contributed by atoms with Gasteiger partial charge in [-0.15, -0.1) is 8.78 Å². The number of aryl methyl sites for hydroxylation is 1. The van der Waals surface area contributed by atoms with Crippen molar-refractivity contribution in [1.29, 1.82) is 0 Å². The van der Waals surface area contributed by atoms with E-state index in [0.29, 0.717) is 17.1 Å². The van der Waals surface area contributed by atoms with Crippen molar-refractivity contribution >= 4 is 17.5 Å². The molecule has 0 radical (unpaired) electrons. The summed E-state index contributed by atoms with van der Waals surface area (Å²) < 4.78 is 41.6. The largest absolute Gasteiger partial charge is 0.586 e. The quantitative estimate of drug-likeness (QED) is 0.682. The monoisotopic (exact) mass is 387 g/mol. The highest BCUT2D eigenvalue weighted by Crippen LogP contribution is 2.42. The zero-order valence-corrected chi connectivity index (χ0v) is 14.9. The molecule has 1 aliphatic heterocycles. The van der Waals surface area contributed by atoms with Crippen LogP contribution in [0.5, 0.6) is 11.5 Å². The number of nitrogens with zero attached hydrogens (tertiary/aromatic N) is 2. The Morgan fingerprint density at radius 1 is 1.21 bits per heavy atom. The molecule has 3 aromatic rings. The molecule has 1 aliphatic rings. The van der Waals surface area contributed by atoms with E-state index in [0.717, 1.165) is 11.3 Å². The van der Waals surface area contributed by atoms with E-state index in [4.69, 9.17) is 4.74 Å². The van der Waals surface area contributed by atoms with Crippen LogP contribution in [0, 0.1) is 6.92 Å². The van der Waals surface area contributed by atoms with Gasteiger partial charge >= 0.3 is 12.3 Å². The number of carbonyl (C=O) groups excluding carboxylic acids is 1. The first-order chi connectivity index (χ1) is 13.3. The summed E-state index contributed by atoms with van der Waals surface area (Å²) in [4.78, 5) is 16.0. The van der Waals surface area contributed by atoms with Gasteiger partial charge in [-0.25, -0.2) is 9.78 Å². The molecule has 0 atom stereocenters. The Hall–Kier alpha value is -3.62. The number of anilines is 2. The third kappa shape index (κ3) is 3.34. The Labute approximate surface area is 158 Å². The molecule has 3 heterocycles. The number of rotatable bonds is 4. The van der Waals surface area contributed by atoms with Crippen LogP contribution in [-0.4, -0.2) is 28.9 Å². The minimum Gasteiger partial charge on any atom is -0.465 e. The van der Waals surface area contributed by atoms with E-state index in [2.05, 4.69) is 19.8 Å². The third-order valence-corrected chi connectivity index (χ3v) is 4.14. The Morgan fingerprint density at radius 3 is 2.79 bits per heavy atom. The molecule has 4 rings (SSSR count). The van der Waals surface area contributed by atoms with E-state index in [9.17, 15) is 13.6 Å². The highest BCUT2D eigenvalue weighted by molar-refractivity contribution is 5.89. The highest BCUT2D eigenvalue weighted by atomic mass is 19.3. The molecule has 9 heteroatoms. The molecule has 0 amide bonds. The molecule has 0 fully saturated rings. The fourth-order valence-corrected chi connectivity index (χ4v) is 2.82. The lowest BCUT2D eigenvalue weighted by molar-refractivity contribution is -0.286. The summed E-state index contributed by atoms with van der Waals surface area (Å²) >= 11 is 0. The average molecular weight is 387 g/mol. The minimum absolute atomic E-state index is 0.0317. The molecule has 0 unspecified atom stereocenters. The fourth-order valence-electron chi connectivity index (χ4n) is 2.82. The molecule has 28 heavy (non-hydrogen) atoms. The van der Waals surface area contributed by atoms with Gasteiger partial charge in [-0.1, -0.05) is 0 Å². The second kappa shape index (κ2) is 6.52. The molecule has 1 N–H and O–H groups in total. The normalized spacial score (nSPS) is 14.0. The van der Waals surface area contributed by atoms with Crippen molar-refractivity contribution < 1.29 is 27.8 Å². The van der Waals surface area contributed by atoms with E-state index in [1.165, 1.54) is 19.2 Å². The SMILES string of the molecule is COC(=O)c1ccn(-c2cc(Nc3ccc4c(c3)OC(F)(F)O4)ncc2C)c1. The highest BCUT2D eigenvalue weighted by Gasteiger charge is 2.43. The lowest BCUT2D eigenvalue weighted by Gasteiger charge is -2.11. The average Bonchev–Trinajstić information content (AvgIpc) is 3.25. The molecule has 0 aliphatic carbocycles. The first-order valence-electron chi connectivity index (χ1n) is 8.25. The van der Waals surface area contributed by atoms with Gasteiger partial charge in [0.25, 0.3) is 0 Å². The maximum Gasteiger partial charge on any atom is 0.586 e. The first-order valence-corrected chi connectivity index (χ1v) is 8.25. The Balaban J connectivity index is 1.60. The second-order valence-corrected chi connectivity index (χ2v) is 6.11. The molecule has 2 aromatic heterocycles. The maximum atomic E-state index is 13.2. The van der Waals surface area contributed by atoms with Gasteiger partial charge in [0.2, 0.25) is 0 Å². The number of methoxy groups -OCH3 is 1. The summed E-state index contributed by atoms with van der Waals surface area (Å²) in [5.41, 5.74) is 2.60. The van der Waals surface area contributed by atoms with Crippen LogP contribution in [0.25, 0.3) is 5.69 Å². The number of aromatic nitrogens is 2. The van der Waals surface area contributed by atoms with Crippen molar-refractivity contribution in [2.45, 2.75) is 13.2 Å². The first kappa shape index (κ1) is 17.8. The van der Waals surface area contributed by atoms with Crippen molar-refractivity contribution in [2.24, 2.45) is 0 Å². The van der Waals surface area contributed by atoms with Crippen LogP contribution in [0.3, 0.4) is 0 Å². The minimum atomic E-state index is -3.66. The lowest BCUT2D eigenvalue weighted by Crippen LogP contribution is -2.25. The zero-order chi connectivity index (χ0) is 19.9. The topological polar surface area (TPSA) is 74.6 Å². The van der Waals surface area contributed by atoms with E-state index >= 15 is 0 Å². The fraction of sp³-hybridized carbons (Fsp3) is 0.158. The number of ether oxygens (including phenoxy) is 3. The maximum absolute atomic E-state index is 13.2. The van der Waals surface area contributed by atoms with E-state index in [1.54, 1.807) is 41.4 Å². The number of esters is 1. The Morgan fingerprint density at radius 2 is 2.00 bits per heavy atom. The van der Waals surface area contributed by atoms with Gasteiger partial charge in [0.05, 0.1) is 18.4 Å². The molecule has 144 valence electrons. The summed E-state index contributed by atoms with van der Waals surface area (Å²) in [5, 5.41) is 3.04. The van der Waals surface area contributed by atoms with Gasteiger partial charge in [0.1, 0.15) is 5.82 Å². The van der Waals surface area contributed by atoms with Crippen LogP contribution >= 0.6 is 0 Å². The van der Waals surface area contributed by atoms with Gasteiger partial charge in [-0.3, -0.25) is 0 Å². The third-order valence-electron chi connectivity index (χ3n) is 4.14. The Bertz CT molecular complexity index is 1070. The van der Waals surface area contributed by atoms with Crippen LogP contribution in [0.2, 0.25) is 0 Å². The van der Waals surface area contributed by atoms with Crippen LogP contribution in [-0.2, 0) is 4.74 Å². The van der Waals surface area contributed by atoms with Crippen molar-refractivity contribution in [3.63, 3.8) is 0 Å². The Kier molecular flexibility index (Phi) is 4.14. The number of carbonyl (C=O) groups is 1. The van der Waals surface area contributed by atoms with Crippen LogP contribution in [0.4, 0.5) is 20.3 Å². The summed E-state index contributed by atoms with van der Waals surface area (Å²) in [6.45, 7) is 1.88. The molecule has 1 aromatic carbocycles. The standard InChI is InChI=1S/C19H15F2N3O4/c1-11-9-22-17(8-14(11)24-6-5-12(10-24)18(25)26-2)23-13-3-4-15-16(7-13)28-19(20,21)27-15/h3-10H,1-2H3,(H,22,23). The molecule has 0 bridgehead atoms. The summed E-state index contributed by atoms with van der Waals surface area (Å²) in [5.74, 6) is -0.0354. The number of hydrogen-bond acceptors (Lipinski definition) is 6. The zero-order valence-electron chi connectivity index (χ0n) is 14.9. The smallest absolute Gasteiger partial charge is 0.465 e. The van der Waals surface area contributed by atoms with E-state index < -0.39 is 12.3 Å². The number of benzene rings is 1. The molecule has 0 spiro atoms. The lowest BCUT2D eigenvalue weighted by atomic mass is 10.2. The van der Waals surface area contributed by atoms with Crippen molar-refractivity contribution in [3.8, 4) is 17.2 Å². The van der Waals surface area contributed by atoms with Crippen LogP contribution in [0.1, 0.15) is 15.9 Å². The van der Waals surface area contributed by atoms with Gasteiger partial charge in [0, 0.05) is 36.4 Å². The predicted octanol–water partition coefficient (Wildman–Crippen LogP) is 4.03. The van der Waals surface area contributed by atoms with Gasteiger partial charge in [0.15, 0.2) is 11.5 Å². The van der Waals surface area contributed by atoms with Gasteiger partial charge < -0.3 is 24.1 Å². The summed E-state index contributed by atoms with van der Waals surface area (Å²) in [6.07, 6.45) is 1.39. The van der Waals surface area contributed by atoms with Crippen LogP contribution in [0.15, 0.2) is 48.9 Å². The second-order valence-electron chi connectivity index (χ2n) is 6.11. The number of pyridine rings is 1. The predicted molar refractivity (Wildman–Crippen MR) is 95.6 cm³/mol. The number of fused-ring (bicyclic) bond motifs is 1. The molecule has 0 saturated carbocycles. The number of alkyl halides is 2. The van der Waals surface area contributed by atoms with Crippen molar-refractivity contribution in [2.75, 3.05) is 12.4 Å². The van der Waals surface area contributed by atoms with E-state index in [-0.39, 0.29) is 11.5 Å². The summed E-state index contributed by atoms with van der Waals surface area (Å²) in [7, 11) is 1.32. The molecular weight excluding hydrogens is 372 g/mol. The van der Waals surface area contributed by atoms with Crippen molar-refractivity contribution in [3.05, 3.63) is 60.0 Å². The van der Waals surface area contributed by atoms with Gasteiger partial charge in [-0.05, 0) is 30.7 Å². The molecule has 7 nitrogen and oxygen atoms in total. The van der Waals surface area contributed by atoms with Crippen LogP contribution < -0.4 is 14.8 Å². The molecular formula is C19H15F2N3O4. The number of nitrogens with one attached hydrogen (secondary N) is 1. The summed E-state index contributed by atoms with van der Waals surface area (Å²) in [6, 6.07) is 7.80. The van der Waals surface area contributed by atoms with Crippen molar-refractivity contribution in [1.82, 2.24) is 9.55 Å². The van der Waals surface area contributed by atoms with E-state index in [1.807, 2.05) is 6.92 Å². The van der Waals surface area contributed by atoms with Gasteiger partial charge in [-0.2, -0.15) is 0 Å². The molecule has 0 saturated heterocycles. The number of hydrogen-bond donors (Lipinski definition) is 1.